The number of ketones is 1. The molecule has 0 saturated carbocycles. The van der Waals surface area contributed by atoms with Gasteiger partial charge in [-0.25, -0.2) is 9.78 Å². The third-order valence-electron chi connectivity index (χ3n) is 4.74. The number of rotatable bonds is 4. The summed E-state index contributed by atoms with van der Waals surface area (Å²) < 4.78 is 6.74. The Morgan fingerprint density at radius 2 is 1.81 bits per heavy atom. The molecule has 0 aromatic carbocycles. The van der Waals surface area contributed by atoms with Crippen LogP contribution in [0, 0.1) is 6.92 Å². The van der Waals surface area contributed by atoms with E-state index in [4.69, 9.17) is 4.74 Å². The van der Waals surface area contributed by atoms with Crippen LogP contribution in [-0.2, 0) is 11.8 Å². The van der Waals surface area contributed by atoms with Crippen LogP contribution in [0.1, 0.15) is 50.2 Å². The fraction of sp³-hybridized carbons (Fsp3) is 0.348. The zero-order chi connectivity index (χ0) is 22.9. The van der Waals surface area contributed by atoms with E-state index in [1.54, 1.807) is 65.3 Å². The van der Waals surface area contributed by atoms with Gasteiger partial charge < -0.3 is 9.30 Å². The number of Topliss-reactive ketones (excluding diaryl/α,β-unsaturated/α-hetero) is 1. The number of carbonyl (C=O) groups is 2. The molecule has 31 heavy (non-hydrogen) atoms. The van der Waals surface area contributed by atoms with Crippen molar-refractivity contribution < 1.29 is 14.3 Å². The van der Waals surface area contributed by atoms with Gasteiger partial charge in [0.25, 0.3) is 5.56 Å². The highest BCUT2D eigenvalue weighted by Crippen LogP contribution is 2.25. The number of anilines is 1. The number of hydrogen-bond donors (Lipinski definition) is 1. The molecule has 3 aromatic heterocycles. The number of carbonyl (C=O) groups excluding carboxylic acids is 2. The monoisotopic (exact) mass is 422 g/mol. The molecule has 0 atom stereocenters. The van der Waals surface area contributed by atoms with Crippen molar-refractivity contribution >= 4 is 28.6 Å². The van der Waals surface area contributed by atoms with Gasteiger partial charge in [-0.15, -0.1) is 0 Å². The number of amides is 1. The quantitative estimate of drug-likeness (QED) is 0.631. The van der Waals surface area contributed by atoms with Gasteiger partial charge in [-0.1, -0.05) is 6.92 Å². The Kier molecular flexibility index (Phi) is 5.92. The standard InChI is InChI=1S/C23H26N4O4/c1-7-19(28)17-8-13(2)16(12-24-17)15-9-14-11-25-20(10-18(14)27(6)21(15)29)26-22(30)31-23(3,4)5/h8-12H,7H2,1-6H3,(H,25,26,30). The molecule has 3 heterocycles. The van der Waals surface area contributed by atoms with E-state index in [9.17, 15) is 14.4 Å². The molecular weight excluding hydrogens is 396 g/mol. The maximum Gasteiger partial charge on any atom is 0.413 e. The summed E-state index contributed by atoms with van der Waals surface area (Å²) in [4.78, 5) is 45.5. The number of aryl methyl sites for hydroxylation is 2. The van der Waals surface area contributed by atoms with Crippen molar-refractivity contribution in [2.45, 2.75) is 46.6 Å². The normalized spacial score (nSPS) is 11.4. The first-order valence-corrected chi connectivity index (χ1v) is 10.00. The molecule has 8 heteroatoms. The van der Waals surface area contributed by atoms with Gasteiger partial charge in [0.2, 0.25) is 0 Å². The maximum absolute atomic E-state index is 13.1. The highest BCUT2D eigenvalue weighted by molar-refractivity contribution is 5.95. The van der Waals surface area contributed by atoms with Crippen molar-refractivity contribution in [2.24, 2.45) is 7.05 Å². The molecule has 162 valence electrons. The number of pyridine rings is 3. The van der Waals surface area contributed by atoms with Crippen LogP contribution < -0.4 is 10.9 Å². The lowest BCUT2D eigenvalue weighted by molar-refractivity contribution is 0.0635. The Bertz CT molecular complexity index is 1240. The van der Waals surface area contributed by atoms with Crippen LogP contribution in [0.3, 0.4) is 0 Å². The minimum atomic E-state index is -0.633. The van der Waals surface area contributed by atoms with Crippen LogP contribution >= 0.6 is 0 Å². The molecule has 0 aliphatic rings. The topological polar surface area (TPSA) is 103 Å². The largest absolute Gasteiger partial charge is 0.444 e. The van der Waals surface area contributed by atoms with Crippen molar-refractivity contribution in [2.75, 3.05) is 5.32 Å². The summed E-state index contributed by atoms with van der Waals surface area (Å²) in [6, 6.07) is 5.07. The van der Waals surface area contributed by atoms with E-state index in [1.807, 2.05) is 6.92 Å². The Morgan fingerprint density at radius 3 is 2.42 bits per heavy atom. The van der Waals surface area contributed by atoms with Gasteiger partial charge in [0, 0.05) is 48.4 Å². The summed E-state index contributed by atoms with van der Waals surface area (Å²) >= 11 is 0. The average molecular weight is 422 g/mol. The van der Waals surface area contributed by atoms with Crippen LogP contribution in [0.2, 0.25) is 0 Å². The first-order chi connectivity index (χ1) is 14.5. The number of nitrogens with one attached hydrogen (secondary N) is 1. The first kappa shape index (κ1) is 22.1. The molecule has 1 N–H and O–H groups in total. The zero-order valence-corrected chi connectivity index (χ0v) is 18.6. The van der Waals surface area contributed by atoms with Crippen molar-refractivity contribution in [3.05, 3.63) is 52.2 Å². The Morgan fingerprint density at radius 1 is 1.10 bits per heavy atom. The highest BCUT2D eigenvalue weighted by atomic mass is 16.6. The number of nitrogens with zero attached hydrogens (tertiary/aromatic N) is 3. The van der Waals surface area contributed by atoms with Gasteiger partial charge in [0.15, 0.2) is 5.78 Å². The molecule has 0 aliphatic heterocycles. The maximum atomic E-state index is 13.1. The number of hydrogen-bond acceptors (Lipinski definition) is 6. The van der Waals surface area contributed by atoms with Crippen molar-refractivity contribution in [3.8, 4) is 11.1 Å². The molecule has 0 saturated heterocycles. The predicted octanol–water partition coefficient (Wildman–Crippen LogP) is 4.24. The number of ether oxygens (including phenoxy) is 1. The van der Waals surface area contributed by atoms with Crippen LogP contribution in [0.4, 0.5) is 10.6 Å². The molecule has 0 fully saturated rings. The summed E-state index contributed by atoms with van der Waals surface area (Å²) in [7, 11) is 1.66. The van der Waals surface area contributed by atoms with Crippen molar-refractivity contribution in [1.82, 2.24) is 14.5 Å². The zero-order valence-electron chi connectivity index (χ0n) is 18.6. The molecule has 1 amide bonds. The summed E-state index contributed by atoms with van der Waals surface area (Å²) in [5.74, 6) is 0.236. The third kappa shape index (κ3) is 4.79. The number of fused-ring (bicyclic) bond motifs is 1. The van der Waals surface area contributed by atoms with E-state index >= 15 is 0 Å². The summed E-state index contributed by atoms with van der Waals surface area (Å²) in [5, 5.41) is 3.31. The SMILES string of the molecule is CCC(=O)c1cc(C)c(-c2cc3cnc(NC(=O)OC(C)(C)C)cc3n(C)c2=O)cn1. The van der Waals surface area contributed by atoms with E-state index in [1.165, 1.54) is 4.57 Å². The van der Waals surface area contributed by atoms with Crippen LogP contribution in [0.5, 0.6) is 0 Å². The van der Waals surface area contributed by atoms with E-state index in [0.29, 0.717) is 28.8 Å². The lowest BCUT2D eigenvalue weighted by atomic mass is 10.0. The van der Waals surface area contributed by atoms with Gasteiger partial charge in [-0.3, -0.25) is 19.9 Å². The second-order valence-electron chi connectivity index (χ2n) is 8.34. The van der Waals surface area contributed by atoms with E-state index < -0.39 is 11.7 Å². The fourth-order valence-corrected chi connectivity index (χ4v) is 3.21. The fourth-order valence-electron chi connectivity index (χ4n) is 3.21. The molecule has 0 spiro atoms. The van der Waals surface area contributed by atoms with Gasteiger partial charge in [-0.2, -0.15) is 0 Å². The van der Waals surface area contributed by atoms with Gasteiger partial charge in [0.05, 0.1) is 5.52 Å². The highest BCUT2D eigenvalue weighted by Gasteiger charge is 2.18. The second-order valence-corrected chi connectivity index (χ2v) is 8.34. The molecule has 0 aliphatic carbocycles. The minimum absolute atomic E-state index is 0.0460. The Labute approximate surface area is 180 Å². The summed E-state index contributed by atoms with van der Waals surface area (Å²) in [5.41, 5.74) is 2.06. The lowest BCUT2D eigenvalue weighted by Gasteiger charge is -2.19. The molecule has 8 nitrogen and oxygen atoms in total. The molecule has 3 rings (SSSR count). The summed E-state index contributed by atoms with van der Waals surface area (Å²) in [6.07, 6.45) is 2.90. The summed E-state index contributed by atoms with van der Waals surface area (Å²) in [6.45, 7) is 8.94. The smallest absolute Gasteiger partial charge is 0.413 e. The van der Waals surface area contributed by atoms with Crippen LogP contribution in [0.15, 0.2) is 35.4 Å². The van der Waals surface area contributed by atoms with Gasteiger partial charge >= 0.3 is 6.09 Å². The third-order valence-corrected chi connectivity index (χ3v) is 4.74. The predicted molar refractivity (Wildman–Crippen MR) is 119 cm³/mol. The molecule has 0 unspecified atom stereocenters. The Balaban J connectivity index is 2.02. The van der Waals surface area contributed by atoms with Crippen LogP contribution in [0.25, 0.3) is 22.0 Å². The van der Waals surface area contributed by atoms with Crippen molar-refractivity contribution in [1.29, 1.82) is 0 Å². The Hall–Kier alpha value is -3.55. The minimum Gasteiger partial charge on any atom is -0.444 e. The molecule has 0 bridgehead atoms. The van der Waals surface area contributed by atoms with E-state index in [-0.39, 0.29) is 17.2 Å². The molecule has 0 radical (unpaired) electrons. The van der Waals surface area contributed by atoms with Gasteiger partial charge in [0.1, 0.15) is 17.1 Å². The average Bonchev–Trinajstić information content (AvgIpc) is 2.69. The van der Waals surface area contributed by atoms with E-state index in [2.05, 4.69) is 15.3 Å². The van der Waals surface area contributed by atoms with Crippen LogP contribution in [-0.4, -0.2) is 32.0 Å². The van der Waals surface area contributed by atoms with E-state index in [0.717, 1.165) is 10.9 Å². The number of aromatic nitrogens is 3. The second kappa shape index (κ2) is 8.29. The van der Waals surface area contributed by atoms with Crippen molar-refractivity contribution in [3.63, 3.8) is 0 Å². The molecular formula is C23H26N4O4. The van der Waals surface area contributed by atoms with Gasteiger partial charge in [-0.05, 0) is 45.4 Å². The first-order valence-electron chi connectivity index (χ1n) is 10.00. The lowest BCUT2D eigenvalue weighted by Crippen LogP contribution is -2.27. The molecule has 3 aromatic rings.